The fourth-order valence-corrected chi connectivity index (χ4v) is 2.90. The van der Waals surface area contributed by atoms with Crippen LogP contribution >= 0.6 is 23.2 Å². The molecule has 2 rings (SSSR count). The molecule has 1 aromatic rings. The summed E-state index contributed by atoms with van der Waals surface area (Å²) in [4.78, 5) is 4.11. The van der Waals surface area contributed by atoms with E-state index in [1.165, 1.54) is 6.42 Å². The van der Waals surface area contributed by atoms with Crippen LogP contribution < -0.4 is 5.73 Å². The molecule has 0 aromatic carbocycles. The van der Waals surface area contributed by atoms with Crippen LogP contribution in [0.5, 0.6) is 0 Å². The summed E-state index contributed by atoms with van der Waals surface area (Å²) in [6.45, 7) is 0.693. The summed E-state index contributed by atoms with van der Waals surface area (Å²) in [7, 11) is 0. The first-order valence-corrected chi connectivity index (χ1v) is 5.95. The number of pyridine rings is 1. The van der Waals surface area contributed by atoms with Crippen molar-refractivity contribution in [3.8, 4) is 0 Å². The average molecular weight is 245 g/mol. The Morgan fingerprint density at radius 3 is 2.60 bits per heavy atom. The molecule has 0 spiro atoms. The summed E-state index contributed by atoms with van der Waals surface area (Å²) in [5, 5.41) is 1.18. The third-order valence-corrected chi connectivity index (χ3v) is 3.84. The first kappa shape index (κ1) is 11.2. The monoisotopic (exact) mass is 244 g/mol. The van der Waals surface area contributed by atoms with Gasteiger partial charge < -0.3 is 5.73 Å². The van der Waals surface area contributed by atoms with Gasteiger partial charge in [0.05, 0.1) is 0 Å². The number of nitrogens with two attached hydrogens (primary N) is 1. The van der Waals surface area contributed by atoms with Crippen LogP contribution in [0.3, 0.4) is 0 Å². The molecule has 1 aliphatic carbocycles. The van der Waals surface area contributed by atoms with E-state index in [1.807, 2.05) is 0 Å². The molecule has 0 bridgehead atoms. The van der Waals surface area contributed by atoms with E-state index in [9.17, 15) is 0 Å². The second-order valence-electron chi connectivity index (χ2n) is 4.16. The van der Waals surface area contributed by atoms with Gasteiger partial charge in [0, 0.05) is 11.2 Å². The van der Waals surface area contributed by atoms with Gasteiger partial charge in [0.1, 0.15) is 5.15 Å². The second-order valence-corrected chi connectivity index (χ2v) is 4.95. The molecular formula is C11H14Cl2N2. The third kappa shape index (κ3) is 1.99. The van der Waals surface area contributed by atoms with Gasteiger partial charge in [0.25, 0.3) is 0 Å². The highest BCUT2D eigenvalue weighted by Crippen LogP contribution is 2.48. The molecule has 1 aliphatic rings. The lowest BCUT2D eigenvalue weighted by atomic mass is 9.63. The van der Waals surface area contributed by atoms with Gasteiger partial charge in [0.15, 0.2) is 0 Å². The van der Waals surface area contributed by atoms with Gasteiger partial charge in [-0.05, 0) is 42.9 Å². The van der Waals surface area contributed by atoms with Crippen molar-refractivity contribution in [2.45, 2.75) is 31.1 Å². The minimum atomic E-state index is 0.170. The number of hydrogen-bond acceptors (Lipinski definition) is 2. The molecule has 0 aliphatic heterocycles. The highest BCUT2D eigenvalue weighted by atomic mass is 35.5. The van der Waals surface area contributed by atoms with Gasteiger partial charge in [-0.15, -0.1) is 0 Å². The Morgan fingerprint density at radius 1 is 1.40 bits per heavy atom. The van der Waals surface area contributed by atoms with Gasteiger partial charge in [-0.1, -0.05) is 29.6 Å². The van der Waals surface area contributed by atoms with Crippen molar-refractivity contribution in [3.05, 3.63) is 28.0 Å². The summed E-state index contributed by atoms with van der Waals surface area (Å²) >= 11 is 12.0. The SMILES string of the molecule is NCCC1(c2cnc(Cl)cc2Cl)CCC1. The van der Waals surface area contributed by atoms with Crippen molar-refractivity contribution in [1.29, 1.82) is 0 Å². The lowest BCUT2D eigenvalue weighted by Crippen LogP contribution is -2.36. The fourth-order valence-electron chi connectivity index (χ4n) is 2.33. The van der Waals surface area contributed by atoms with Gasteiger partial charge in [-0.25, -0.2) is 4.98 Å². The van der Waals surface area contributed by atoms with Gasteiger partial charge in [0.2, 0.25) is 0 Å². The molecule has 0 saturated heterocycles. The Labute approximate surface area is 99.8 Å². The zero-order valence-corrected chi connectivity index (χ0v) is 9.98. The van der Waals surface area contributed by atoms with Crippen LogP contribution in [0.4, 0.5) is 0 Å². The van der Waals surface area contributed by atoms with E-state index in [2.05, 4.69) is 4.98 Å². The Morgan fingerprint density at radius 2 is 2.13 bits per heavy atom. The minimum Gasteiger partial charge on any atom is -0.330 e. The third-order valence-electron chi connectivity index (χ3n) is 3.33. The molecule has 1 saturated carbocycles. The van der Waals surface area contributed by atoms with Gasteiger partial charge >= 0.3 is 0 Å². The highest BCUT2D eigenvalue weighted by Gasteiger charge is 2.39. The quantitative estimate of drug-likeness (QED) is 0.830. The summed E-state index contributed by atoms with van der Waals surface area (Å²) < 4.78 is 0. The van der Waals surface area contributed by atoms with E-state index in [0.717, 1.165) is 29.8 Å². The molecule has 0 radical (unpaired) electrons. The normalized spacial score (nSPS) is 18.6. The van der Waals surface area contributed by atoms with Crippen molar-refractivity contribution in [1.82, 2.24) is 4.98 Å². The number of halogens is 2. The van der Waals surface area contributed by atoms with Crippen molar-refractivity contribution < 1.29 is 0 Å². The molecule has 4 heteroatoms. The van der Waals surface area contributed by atoms with E-state index in [1.54, 1.807) is 12.3 Å². The molecule has 1 aromatic heterocycles. The van der Waals surface area contributed by atoms with E-state index in [-0.39, 0.29) is 5.41 Å². The van der Waals surface area contributed by atoms with E-state index >= 15 is 0 Å². The van der Waals surface area contributed by atoms with Crippen LogP contribution in [0.1, 0.15) is 31.2 Å². The number of rotatable bonds is 3. The number of aromatic nitrogens is 1. The molecule has 2 N–H and O–H groups in total. The van der Waals surface area contributed by atoms with Crippen molar-refractivity contribution in [2.75, 3.05) is 6.54 Å². The predicted octanol–water partition coefficient (Wildman–Crippen LogP) is 3.16. The molecule has 1 fully saturated rings. The Hall–Kier alpha value is -0.310. The van der Waals surface area contributed by atoms with E-state index in [4.69, 9.17) is 28.9 Å². The zero-order valence-electron chi connectivity index (χ0n) is 8.47. The summed E-state index contributed by atoms with van der Waals surface area (Å²) in [5.41, 5.74) is 6.94. The van der Waals surface area contributed by atoms with Crippen LogP contribution in [0.2, 0.25) is 10.2 Å². The van der Waals surface area contributed by atoms with Crippen LogP contribution in [0.15, 0.2) is 12.3 Å². The maximum atomic E-state index is 6.20. The summed E-state index contributed by atoms with van der Waals surface area (Å²) in [5.74, 6) is 0. The van der Waals surface area contributed by atoms with Crippen molar-refractivity contribution in [2.24, 2.45) is 5.73 Å². The Bertz CT molecular complexity index is 362. The number of hydrogen-bond donors (Lipinski definition) is 1. The predicted molar refractivity (Wildman–Crippen MR) is 63.5 cm³/mol. The summed E-state index contributed by atoms with van der Waals surface area (Å²) in [6, 6.07) is 1.72. The maximum Gasteiger partial charge on any atom is 0.130 e. The molecule has 2 nitrogen and oxygen atoms in total. The standard InChI is InChI=1S/C11H14Cl2N2/c12-9-6-10(13)15-7-8(9)11(4-5-14)2-1-3-11/h6-7H,1-5,14H2. The Balaban J connectivity index is 2.34. The largest absolute Gasteiger partial charge is 0.330 e. The molecule has 1 heterocycles. The number of nitrogens with zero attached hydrogens (tertiary/aromatic N) is 1. The maximum absolute atomic E-state index is 6.20. The molecule has 0 atom stereocenters. The van der Waals surface area contributed by atoms with Gasteiger partial charge in [-0.2, -0.15) is 0 Å². The smallest absolute Gasteiger partial charge is 0.130 e. The summed E-state index contributed by atoms with van der Waals surface area (Å²) in [6.07, 6.45) is 6.36. The minimum absolute atomic E-state index is 0.170. The average Bonchev–Trinajstić information content (AvgIpc) is 2.12. The van der Waals surface area contributed by atoms with Crippen LogP contribution in [-0.4, -0.2) is 11.5 Å². The van der Waals surface area contributed by atoms with Crippen molar-refractivity contribution >= 4 is 23.2 Å². The molecule has 0 amide bonds. The molecule has 0 unspecified atom stereocenters. The topological polar surface area (TPSA) is 38.9 Å². The van der Waals surface area contributed by atoms with Gasteiger partial charge in [-0.3, -0.25) is 0 Å². The lowest BCUT2D eigenvalue weighted by molar-refractivity contribution is 0.229. The zero-order chi connectivity index (χ0) is 10.9. The first-order valence-electron chi connectivity index (χ1n) is 5.19. The first-order chi connectivity index (χ1) is 7.18. The van der Waals surface area contributed by atoms with E-state index < -0.39 is 0 Å². The highest BCUT2D eigenvalue weighted by molar-refractivity contribution is 6.34. The molecule has 15 heavy (non-hydrogen) atoms. The Kier molecular flexibility index (Phi) is 3.19. The van der Waals surface area contributed by atoms with Crippen LogP contribution in [0, 0.1) is 0 Å². The lowest BCUT2D eigenvalue weighted by Gasteiger charge is -2.42. The molecular weight excluding hydrogens is 231 g/mol. The fraction of sp³-hybridized carbons (Fsp3) is 0.545. The van der Waals surface area contributed by atoms with Crippen molar-refractivity contribution in [3.63, 3.8) is 0 Å². The van der Waals surface area contributed by atoms with Crippen LogP contribution in [-0.2, 0) is 5.41 Å². The molecule has 82 valence electrons. The second kappa shape index (κ2) is 4.28. The van der Waals surface area contributed by atoms with Crippen LogP contribution in [0.25, 0.3) is 0 Å². The van der Waals surface area contributed by atoms with E-state index in [0.29, 0.717) is 11.7 Å².